The summed E-state index contributed by atoms with van der Waals surface area (Å²) >= 11 is 3.58. The van der Waals surface area contributed by atoms with Gasteiger partial charge >= 0.3 is 0 Å². The lowest BCUT2D eigenvalue weighted by Gasteiger charge is -2.29. The molecule has 1 unspecified atom stereocenters. The lowest BCUT2D eigenvalue weighted by Crippen LogP contribution is -2.37. The van der Waals surface area contributed by atoms with Crippen molar-refractivity contribution >= 4 is 21.6 Å². The first-order valence-corrected chi connectivity index (χ1v) is 8.31. The van der Waals surface area contributed by atoms with Gasteiger partial charge in [0.15, 0.2) is 0 Å². The molecule has 0 radical (unpaired) electrons. The normalized spacial score (nSPS) is 19.5. The number of nitrogens with zero attached hydrogens (tertiary/aromatic N) is 2. The van der Waals surface area contributed by atoms with Crippen LogP contribution >= 0.6 is 15.9 Å². The smallest absolute Gasteiger partial charge is 0.0410 e. The molecule has 1 aromatic rings. The second-order valence-corrected chi connectivity index (χ2v) is 6.63. The minimum absolute atomic E-state index is 0.690. The number of halogens is 1. The van der Waals surface area contributed by atoms with E-state index in [1.807, 2.05) is 0 Å². The molecule has 112 valence electrons. The molecule has 3 nitrogen and oxygen atoms in total. The van der Waals surface area contributed by atoms with Crippen LogP contribution in [0.1, 0.15) is 25.3 Å². The Morgan fingerprint density at radius 2 is 2.25 bits per heavy atom. The van der Waals surface area contributed by atoms with E-state index in [2.05, 4.69) is 70.3 Å². The predicted molar refractivity (Wildman–Crippen MR) is 90.4 cm³/mol. The SMILES string of the molecule is CCNCc1cc(Br)ccc1N(C)CC1CCCN1C. The van der Waals surface area contributed by atoms with Crippen LogP contribution in [0.25, 0.3) is 0 Å². The molecule has 1 saturated heterocycles. The Hall–Kier alpha value is -0.580. The molecule has 1 N–H and O–H groups in total. The summed E-state index contributed by atoms with van der Waals surface area (Å²) in [7, 11) is 4.46. The summed E-state index contributed by atoms with van der Waals surface area (Å²) in [6.07, 6.45) is 2.65. The average Bonchev–Trinajstić information content (AvgIpc) is 2.82. The van der Waals surface area contributed by atoms with Crippen LogP contribution in [-0.2, 0) is 6.54 Å². The van der Waals surface area contributed by atoms with Crippen LogP contribution < -0.4 is 10.2 Å². The van der Waals surface area contributed by atoms with E-state index in [0.717, 1.165) is 24.1 Å². The molecule has 1 aliphatic heterocycles. The van der Waals surface area contributed by atoms with Crippen molar-refractivity contribution < 1.29 is 0 Å². The second-order valence-electron chi connectivity index (χ2n) is 5.71. The lowest BCUT2D eigenvalue weighted by molar-refractivity contribution is 0.314. The predicted octanol–water partition coefficient (Wildman–Crippen LogP) is 3.09. The third-order valence-electron chi connectivity index (χ3n) is 4.17. The molecule has 0 bridgehead atoms. The van der Waals surface area contributed by atoms with Crippen LogP contribution in [0.5, 0.6) is 0 Å². The topological polar surface area (TPSA) is 18.5 Å². The Kier molecular flexibility index (Phi) is 5.87. The maximum absolute atomic E-state index is 3.58. The van der Waals surface area contributed by atoms with E-state index >= 15 is 0 Å². The van der Waals surface area contributed by atoms with Crippen LogP contribution in [0, 0.1) is 0 Å². The summed E-state index contributed by atoms with van der Waals surface area (Å²) in [5.74, 6) is 0. The van der Waals surface area contributed by atoms with Crippen molar-refractivity contribution in [3.05, 3.63) is 28.2 Å². The van der Waals surface area contributed by atoms with E-state index < -0.39 is 0 Å². The van der Waals surface area contributed by atoms with Gasteiger partial charge in [-0.15, -0.1) is 0 Å². The van der Waals surface area contributed by atoms with Crippen LogP contribution in [0.4, 0.5) is 5.69 Å². The fraction of sp³-hybridized carbons (Fsp3) is 0.625. The number of nitrogens with one attached hydrogen (secondary N) is 1. The van der Waals surface area contributed by atoms with Gasteiger partial charge in [0, 0.05) is 36.3 Å². The van der Waals surface area contributed by atoms with Crippen LogP contribution in [-0.4, -0.2) is 44.7 Å². The minimum atomic E-state index is 0.690. The average molecular weight is 340 g/mol. The quantitative estimate of drug-likeness (QED) is 0.859. The molecule has 1 aliphatic rings. The molecular weight excluding hydrogens is 314 g/mol. The Morgan fingerprint density at radius 3 is 2.90 bits per heavy atom. The van der Waals surface area contributed by atoms with E-state index in [0.29, 0.717) is 6.04 Å². The van der Waals surface area contributed by atoms with E-state index in [9.17, 15) is 0 Å². The zero-order valence-corrected chi connectivity index (χ0v) is 14.4. The Morgan fingerprint density at radius 1 is 1.45 bits per heavy atom. The number of anilines is 1. The first kappa shape index (κ1) is 15.8. The van der Waals surface area contributed by atoms with Crippen molar-refractivity contribution in [3.63, 3.8) is 0 Å². The monoisotopic (exact) mass is 339 g/mol. The Bertz CT molecular complexity index is 436. The maximum Gasteiger partial charge on any atom is 0.0410 e. The molecule has 0 amide bonds. The van der Waals surface area contributed by atoms with Gasteiger partial charge in [-0.25, -0.2) is 0 Å². The summed E-state index contributed by atoms with van der Waals surface area (Å²) in [5, 5.41) is 3.43. The lowest BCUT2D eigenvalue weighted by atomic mass is 10.1. The fourth-order valence-corrected chi connectivity index (χ4v) is 3.36. The number of rotatable bonds is 6. The molecule has 4 heteroatoms. The zero-order chi connectivity index (χ0) is 14.5. The van der Waals surface area contributed by atoms with Crippen molar-refractivity contribution in [2.24, 2.45) is 0 Å². The summed E-state index contributed by atoms with van der Waals surface area (Å²) in [4.78, 5) is 4.89. The fourth-order valence-electron chi connectivity index (χ4n) is 2.95. The molecule has 0 aliphatic carbocycles. The van der Waals surface area contributed by atoms with Crippen LogP contribution in [0.2, 0.25) is 0 Å². The summed E-state index contributed by atoms with van der Waals surface area (Å²) < 4.78 is 1.15. The number of likely N-dealkylation sites (tertiary alicyclic amines) is 1. The van der Waals surface area contributed by atoms with E-state index in [4.69, 9.17) is 0 Å². The molecule has 0 aromatic heterocycles. The second kappa shape index (κ2) is 7.43. The number of hydrogen-bond donors (Lipinski definition) is 1. The third-order valence-corrected chi connectivity index (χ3v) is 4.67. The van der Waals surface area contributed by atoms with Gasteiger partial charge in [0.25, 0.3) is 0 Å². The van der Waals surface area contributed by atoms with Gasteiger partial charge in [-0.1, -0.05) is 22.9 Å². The largest absolute Gasteiger partial charge is 0.373 e. The van der Waals surface area contributed by atoms with Gasteiger partial charge in [-0.05, 0) is 56.7 Å². The van der Waals surface area contributed by atoms with Gasteiger partial charge in [-0.3, -0.25) is 0 Å². The van der Waals surface area contributed by atoms with Crippen molar-refractivity contribution in [2.45, 2.75) is 32.4 Å². The summed E-state index contributed by atoms with van der Waals surface area (Å²) in [5.41, 5.74) is 2.71. The summed E-state index contributed by atoms with van der Waals surface area (Å²) in [6, 6.07) is 7.29. The minimum Gasteiger partial charge on any atom is -0.373 e. The van der Waals surface area contributed by atoms with Gasteiger partial charge in [0.1, 0.15) is 0 Å². The number of benzene rings is 1. The highest BCUT2D eigenvalue weighted by atomic mass is 79.9. The van der Waals surface area contributed by atoms with Crippen molar-refractivity contribution in [2.75, 3.05) is 38.6 Å². The molecule has 1 aromatic carbocycles. The summed E-state index contributed by atoms with van der Waals surface area (Å²) in [6.45, 7) is 6.42. The molecular formula is C16H26BrN3. The molecule has 20 heavy (non-hydrogen) atoms. The number of hydrogen-bond acceptors (Lipinski definition) is 3. The van der Waals surface area contributed by atoms with E-state index in [1.54, 1.807) is 0 Å². The molecule has 1 heterocycles. The van der Waals surface area contributed by atoms with Gasteiger partial charge < -0.3 is 15.1 Å². The van der Waals surface area contributed by atoms with Crippen LogP contribution in [0.3, 0.4) is 0 Å². The highest BCUT2D eigenvalue weighted by Crippen LogP contribution is 2.25. The Balaban J connectivity index is 2.09. The zero-order valence-electron chi connectivity index (χ0n) is 12.8. The first-order chi connectivity index (χ1) is 9.61. The highest BCUT2D eigenvalue weighted by molar-refractivity contribution is 9.10. The van der Waals surface area contributed by atoms with Crippen molar-refractivity contribution in [3.8, 4) is 0 Å². The molecule has 1 fully saturated rings. The number of likely N-dealkylation sites (N-methyl/N-ethyl adjacent to an activating group) is 2. The standard InChI is InChI=1S/C16H26BrN3/c1-4-18-11-13-10-14(17)7-8-16(13)20(3)12-15-6-5-9-19(15)2/h7-8,10,15,18H,4-6,9,11-12H2,1-3H3. The Labute approximate surface area is 131 Å². The highest BCUT2D eigenvalue weighted by Gasteiger charge is 2.22. The molecule has 0 saturated carbocycles. The maximum atomic E-state index is 3.58. The van der Waals surface area contributed by atoms with Crippen LogP contribution in [0.15, 0.2) is 22.7 Å². The molecule has 2 rings (SSSR count). The van der Waals surface area contributed by atoms with Crippen molar-refractivity contribution in [1.82, 2.24) is 10.2 Å². The van der Waals surface area contributed by atoms with E-state index in [1.165, 1.54) is 30.6 Å². The van der Waals surface area contributed by atoms with Gasteiger partial charge in [-0.2, -0.15) is 0 Å². The van der Waals surface area contributed by atoms with Gasteiger partial charge in [0.05, 0.1) is 0 Å². The molecule has 1 atom stereocenters. The van der Waals surface area contributed by atoms with E-state index in [-0.39, 0.29) is 0 Å². The first-order valence-electron chi connectivity index (χ1n) is 7.52. The van der Waals surface area contributed by atoms with Crippen molar-refractivity contribution in [1.29, 1.82) is 0 Å². The van der Waals surface area contributed by atoms with Gasteiger partial charge in [0.2, 0.25) is 0 Å². The third kappa shape index (κ3) is 3.96. The molecule has 0 spiro atoms.